The molecule has 0 N–H and O–H groups in total. The summed E-state index contributed by atoms with van der Waals surface area (Å²) in [6, 6.07) is 15.3. The van der Waals surface area contributed by atoms with E-state index in [0.29, 0.717) is 12.1 Å². The highest BCUT2D eigenvalue weighted by molar-refractivity contribution is 5.89. The molecule has 5 heteroatoms. The summed E-state index contributed by atoms with van der Waals surface area (Å²) in [6.07, 6.45) is 7.69. The van der Waals surface area contributed by atoms with Crippen LogP contribution < -0.4 is 4.90 Å². The van der Waals surface area contributed by atoms with Crippen molar-refractivity contribution in [3.63, 3.8) is 0 Å². The van der Waals surface area contributed by atoms with Crippen molar-refractivity contribution >= 4 is 29.8 Å². The summed E-state index contributed by atoms with van der Waals surface area (Å²) in [5.74, 6) is 1.38. The topological polar surface area (TPSA) is 55.3 Å². The lowest BCUT2D eigenvalue weighted by molar-refractivity contribution is 0.0600. The molecule has 0 saturated carbocycles. The number of rotatable bonds is 3. The number of methoxy groups -OCH3 is 1. The zero-order valence-electron chi connectivity index (χ0n) is 14.3. The lowest BCUT2D eigenvalue weighted by Crippen LogP contribution is -2.20. The van der Waals surface area contributed by atoms with Gasteiger partial charge in [-0.25, -0.2) is 14.8 Å². The molecule has 128 valence electrons. The Bertz CT molecular complexity index is 931. The Kier molecular flexibility index (Phi) is 4.19. The van der Waals surface area contributed by atoms with Crippen molar-refractivity contribution in [2.45, 2.75) is 6.54 Å². The third kappa shape index (κ3) is 2.95. The first kappa shape index (κ1) is 16.0. The second-order valence-corrected chi connectivity index (χ2v) is 5.94. The SMILES string of the molecule is COC(=O)c1ccc(CN2c3ncccc3C=Cc3cccnc32)cc1. The van der Waals surface area contributed by atoms with Gasteiger partial charge in [-0.2, -0.15) is 0 Å². The van der Waals surface area contributed by atoms with Gasteiger partial charge in [-0.1, -0.05) is 24.3 Å². The maximum atomic E-state index is 11.6. The van der Waals surface area contributed by atoms with Crippen molar-refractivity contribution in [2.75, 3.05) is 12.0 Å². The van der Waals surface area contributed by atoms with Crippen LogP contribution in [-0.4, -0.2) is 23.0 Å². The fourth-order valence-electron chi connectivity index (χ4n) is 3.01. The van der Waals surface area contributed by atoms with Gasteiger partial charge in [0.2, 0.25) is 0 Å². The number of fused-ring (bicyclic) bond motifs is 2. The van der Waals surface area contributed by atoms with Gasteiger partial charge in [0.25, 0.3) is 0 Å². The summed E-state index contributed by atoms with van der Waals surface area (Å²) in [5.41, 5.74) is 3.66. The molecular formula is C21H17N3O2. The predicted octanol–water partition coefficient (Wildman–Crippen LogP) is 4.09. The van der Waals surface area contributed by atoms with Crippen LogP contribution in [0.2, 0.25) is 0 Å². The molecule has 3 aromatic rings. The van der Waals surface area contributed by atoms with Crippen molar-refractivity contribution in [3.05, 3.63) is 83.2 Å². The Morgan fingerprint density at radius 1 is 0.923 bits per heavy atom. The minimum absolute atomic E-state index is 0.338. The molecule has 0 amide bonds. The fraction of sp³-hybridized carbons (Fsp3) is 0.0952. The molecule has 0 saturated heterocycles. The van der Waals surface area contributed by atoms with Crippen LogP contribution in [0, 0.1) is 0 Å². The Balaban J connectivity index is 1.74. The summed E-state index contributed by atoms with van der Waals surface area (Å²) in [6.45, 7) is 0.594. The molecule has 0 atom stereocenters. The van der Waals surface area contributed by atoms with Crippen molar-refractivity contribution in [1.29, 1.82) is 0 Å². The highest BCUT2D eigenvalue weighted by Crippen LogP contribution is 2.34. The monoisotopic (exact) mass is 343 g/mol. The zero-order valence-corrected chi connectivity index (χ0v) is 14.3. The number of esters is 1. The lowest BCUT2D eigenvalue weighted by atomic mass is 10.1. The summed E-state index contributed by atoms with van der Waals surface area (Å²) in [7, 11) is 1.38. The van der Waals surface area contributed by atoms with Crippen LogP contribution in [-0.2, 0) is 11.3 Å². The van der Waals surface area contributed by atoms with Crippen molar-refractivity contribution in [3.8, 4) is 0 Å². The van der Waals surface area contributed by atoms with Gasteiger partial charge in [-0.05, 0) is 42.0 Å². The van der Waals surface area contributed by atoms with Crippen LogP contribution in [0.4, 0.5) is 11.6 Å². The van der Waals surface area contributed by atoms with E-state index in [9.17, 15) is 4.79 Å². The molecule has 1 aromatic carbocycles. The molecule has 0 aliphatic carbocycles. The lowest BCUT2D eigenvalue weighted by Gasteiger charge is -2.24. The molecule has 5 nitrogen and oxygen atoms in total. The molecule has 0 bridgehead atoms. The van der Waals surface area contributed by atoms with Crippen molar-refractivity contribution in [2.24, 2.45) is 0 Å². The maximum Gasteiger partial charge on any atom is 0.337 e. The molecule has 4 rings (SSSR count). The van der Waals surface area contributed by atoms with Gasteiger partial charge in [-0.15, -0.1) is 0 Å². The molecule has 1 aliphatic rings. The number of hydrogen-bond acceptors (Lipinski definition) is 5. The molecular weight excluding hydrogens is 326 g/mol. The third-order valence-electron chi connectivity index (χ3n) is 4.30. The number of pyridine rings is 2. The molecule has 0 fully saturated rings. The first-order valence-corrected chi connectivity index (χ1v) is 8.29. The van der Waals surface area contributed by atoms with Gasteiger partial charge in [0.1, 0.15) is 11.6 Å². The zero-order chi connectivity index (χ0) is 17.9. The van der Waals surface area contributed by atoms with Gasteiger partial charge in [0.05, 0.1) is 19.2 Å². The Morgan fingerprint density at radius 2 is 1.50 bits per heavy atom. The van der Waals surface area contributed by atoms with E-state index in [0.717, 1.165) is 28.3 Å². The largest absolute Gasteiger partial charge is 0.465 e. The number of ether oxygens (including phenoxy) is 1. The van der Waals surface area contributed by atoms with Crippen molar-refractivity contribution < 1.29 is 9.53 Å². The van der Waals surface area contributed by atoms with Crippen LogP contribution in [0.5, 0.6) is 0 Å². The van der Waals surface area contributed by atoms with Crippen LogP contribution in [0.25, 0.3) is 12.2 Å². The van der Waals surface area contributed by atoms with Crippen LogP contribution >= 0.6 is 0 Å². The third-order valence-corrected chi connectivity index (χ3v) is 4.30. The average molecular weight is 343 g/mol. The Hall–Kier alpha value is -3.47. The Labute approximate surface area is 151 Å². The summed E-state index contributed by atoms with van der Waals surface area (Å²) < 4.78 is 4.76. The number of anilines is 2. The van der Waals surface area contributed by atoms with E-state index >= 15 is 0 Å². The Morgan fingerprint density at radius 3 is 2.04 bits per heavy atom. The molecule has 0 radical (unpaired) electrons. The predicted molar refractivity (Wildman–Crippen MR) is 101 cm³/mol. The number of benzene rings is 1. The van der Waals surface area contributed by atoms with Crippen LogP contribution in [0.3, 0.4) is 0 Å². The standard InChI is InChI=1S/C21H17N3O2/c1-26-21(25)18-8-6-15(7-9-18)14-24-19-16(4-2-12-22-19)10-11-17-5-3-13-23-20(17)24/h2-13H,14H2,1H3. The van der Waals surface area contributed by atoms with Crippen LogP contribution in [0.15, 0.2) is 60.9 Å². The van der Waals surface area contributed by atoms with E-state index in [2.05, 4.69) is 27.0 Å². The molecule has 26 heavy (non-hydrogen) atoms. The van der Waals surface area contributed by atoms with Gasteiger partial charge in [-0.3, -0.25) is 0 Å². The van der Waals surface area contributed by atoms with E-state index in [4.69, 9.17) is 4.74 Å². The summed E-state index contributed by atoms with van der Waals surface area (Å²) in [5, 5.41) is 0. The minimum atomic E-state index is -0.338. The van der Waals surface area contributed by atoms with E-state index in [-0.39, 0.29) is 5.97 Å². The number of aromatic nitrogens is 2. The number of hydrogen-bond donors (Lipinski definition) is 0. The smallest absolute Gasteiger partial charge is 0.337 e. The van der Waals surface area contributed by atoms with Gasteiger partial charge < -0.3 is 9.64 Å². The van der Waals surface area contributed by atoms with E-state index in [1.807, 2.05) is 36.4 Å². The quantitative estimate of drug-likeness (QED) is 0.671. The first-order valence-electron chi connectivity index (χ1n) is 8.29. The molecule has 0 unspecified atom stereocenters. The summed E-state index contributed by atoms with van der Waals surface area (Å²) >= 11 is 0. The normalized spacial score (nSPS) is 12.1. The minimum Gasteiger partial charge on any atom is -0.465 e. The highest BCUT2D eigenvalue weighted by atomic mass is 16.5. The van der Waals surface area contributed by atoms with Gasteiger partial charge >= 0.3 is 5.97 Å². The van der Waals surface area contributed by atoms with E-state index in [1.165, 1.54) is 7.11 Å². The molecule has 1 aliphatic heterocycles. The van der Waals surface area contributed by atoms with Crippen molar-refractivity contribution in [1.82, 2.24) is 9.97 Å². The maximum absolute atomic E-state index is 11.6. The second kappa shape index (κ2) is 6.80. The van der Waals surface area contributed by atoms with Crippen LogP contribution in [0.1, 0.15) is 27.0 Å². The molecule has 2 aromatic heterocycles. The molecule has 3 heterocycles. The van der Waals surface area contributed by atoms with Gasteiger partial charge in [0, 0.05) is 23.5 Å². The number of carbonyl (C=O) groups excluding carboxylic acids is 1. The second-order valence-electron chi connectivity index (χ2n) is 5.94. The fourth-order valence-corrected chi connectivity index (χ4v) is 3.01. The highest BCUT2D eigenvalue weighted by Gasteiger charge is 2.20. The van der Waals surface area contributed by atoms with E-state index < -0.39 is 0 Å². The number of carbonyl (C=O) groups is 1. The first-order chi connectivity index (χ1) is 12.8. The average Bonchev–Trinajstić information content (AvgIpc) is 2.86. The van der Waals surface area contributed by atoms with E-state index in [1.54, 1.807) is 24.5 Å². The van der Waals surface area contributed by atoms with Gasteiger partial charge in [0.15, 0.2) is 0 Å². The summed E-state index contributed by atoms with van der Waals surface area (Å²) in [4.78, 5) is 22.9. The molecule has 0 spiro atoms. The number of nitrogens with zero attached hydrogens (tertiary/aromatic N) is 3.